The van der Waals surface area contributed by atoms with E-state index in [2.05, 4.69) is 20.0 Å². The first-order valence-corrected chi connectivity index (χ1v) is 11.2. The van der Waals surface area contributed by atoms with E-state index in [9.17, 15) is 13.2 Å². The van der Waals surface area contributed by atoms with Gasteiger partial charge in [-0.2, -0.15) is 0 Å². The van der Waals surface area contributed by atoms with Gasteiger partial charge in [-0.3, -0.25) is 14.5 Å². The van der Waals surface area contributed by atoms with Crippen molar-refractivity contribution in [3.05, 3.63) is 54.7 Å². The molecule has 0 bridgehead atoms. The van der Waals surface area contributed by atoms with Gasteiger partial charge in [-0.05, 0) is 49.2 Å². The molecule has 0 aliphatic heterocycles. The van der Waals surface area contributed by atoms with E-state index in [0.29, 0.717) is 16.7 Å². The lowest BCUT2D eigenvalue weighted by Crippen LogP contribution is -2.24. The van der Waals surface area contributed by atoms with Gasteiger partial charge in [-0.15, -0.1) is 0 Å². The minimum Gasteiger partial charge on any atom is -0.326 e. The molecule has 1 aromatic heterocycles. The number of hydrogen-bond donors (Lipinski definition) is 2. The number of amides is 1. The first-order chi connectivity index (χ1) is 14.0. The molecule has 0 unspecified atom stereocenters. The van der Waals surface area contributed by atoms with Crippen molar-refractivity contribution in [2.24, 2.45) is 5.92 Å². The molecule has 150 valence electrons. The van der Waals surface area contributed by atoms with E-state index in [0.717, 1.165) is 25.7 Å². The minimum atomic E-state index is -3.81. The summed E-state index contributed by atoms with van der Waals surface area (Å²) in [7, 11) is -3.81. The summed E-state index contributed by atoms with van der Waals surface area (Å²) in [5.74, 6) is 0.198. The van der Waals surface area contributed by atoms with Crippen molar-refractivity contribution in [3.8, 4) is 0 Å². The molecule has 8 heteroatoms. The summed E-state index contributed by atoms with van der Waals surface area (Å²) in [5.41, 5.74) is 1.88. The number of benzene rings is 2. The summed E-state index contributed by atoms with van der Waals surface area (Å²) in [6, 6.07) is 13.4. The Hall–Kier alpha value is -3.00. The Morgan fingerprint density at radius 3 is 2.34 bits per heavy atom. The Morgan fingerprint density at radius 1 is 0.931 bits per heavy atom. The number of carbonyl (C=O) groups excluding carboxylic acids is 1. The van der Waals surface area contributed by atoms with Gasteiger partial charge in [0.05, 0.1) is 22.1 Å². The Bertz CT molecular complexity index is 1120. The van der Waals surface area contributed by atoms with Crippen LogP contribution >= 0.6 is 0 Å². The molecule has 29 heavy (non-hydrogen) atoms. The molecular weight excluding hydrogens is 388 g/mol. The number of sulfonamides is 1. The van der Waals surface area contributed by atoms with Crippen molar-refractivity contribution in [3.63, 3.8) is 0 Å². The third-order valence-electron chi connectivity index (χ3n) is 5.10. The fraction of sp³-hybridized carbons (Fsp3) is 0.286. The standard InChI is InChI=1S/C21H22N4O3S/c26-21(15-6-2-1-3-7-15)23-16-10-12-17(13-11-16)29(27,28)25-20-14-22-18-8-4-5-9-19(18)24-20/h4-5,8-15H,1-3,6-7H2,(H,23,26)(H,24,25). The molecule has 1 aliphatic rings. The predicted octanol–water partition coefficient (Wildman–Crippen LogP) is 3.95. The molecule has 0 saturated heterocycles. The van der Waals surface area contributed by atoms with E-state index in [1.54, 1.807) is 24.3 Å². The average Bonchev–Trinajstić information content (AvgIpc) is 2.74. The Balaban J connectivity index is 1.46. The highest BCUT2D eigenvalue weighted by Gasteiger charge is 2.21. The lowest BCUT2D eigenvalue weighted by Gasteiger charge is -2.20. The van der Waals surface area contributed by atoms with Crippen LogP contribution in [-0.4, -0.2) is 24.3 Å². The molecule has 1 fully saturated rings. The second-order valence-corrected chi connectivity index (χ2v) is 8.88. The zero-order chi connectivity index (χ0) is 20.3. The number of hydrogen-bond acceptors (Lipinski definition) is 5. The SMILES string of the molecule is O=C(Nc1ccc(S(=O)(=O)Nc2cnc3ccccc3n2)cc1)C1CCCCC1. The van der Waals surface area contributed by atoms with Crippen LogP contribution in [0.25, 0.3) is 11.0 Å². The zero-order valence-electron chi connectivity index (χ0n) is 15.8. The molecule has 0 atom stereocenters. The van der Waals surface area contributed by atoms with Gasteiger partial charge in [-0.1, -0.05) is 31.4 Å². The summed E-state index contributed by atoms with van der Waals surface area (Å²) in [6.07, 6.45) is 6.56. The maximum Gasteiger partial charge on any atom is 0.263 e. The second-order valence-electron chi connectivity index (χ2n) is 7.20. The topological polar surface area (TPSA) is 101 Å². The number of fused-ring (bicyclic) bond motifs is 1. The normalized spacial score (nSPS) is 15.2. The van der Waals surface area contributed by atoms with Crippen LogP contribution in [-0.2, 0) is 14.8 Å². The number of carbonyl (C=O) groups is 1. The highest BCUT2D eigenvalue weighted by molar-refractivity contribution is 7.92. The number of aromatic nitrogens is 2. The predicted molar refractivity (Wildman–Crippen MR) is 112 cm³/mol. The van der Waals surface area contributed by atoms with Crippen molar-refractivity contribution in [2.45, 2.75) is 37.0 Å². The number of nitrogens with one attached hydrogen (secondary N) is 2. The van der Waals surface area contributed by atoms with Crippen molar-refractivity contribution >= 4 is 38.5 Å². The molecule has 1 saturated carbocycles. The molecular formula is C21H22N4O3S. The molecule has 3 aromatic rings. The molecule has 1 aliphatic carbocycles. The Labute approximate surface area is 169 Å². The number of rotatable bonds is 5. The van der Waals surface area contributed by atoms with Gasteiger partial charge in [0, 0.05) is 11.6 Å². The molecule has 2 aromatic carbocycles. The van der Waals surface area contributed by atoms with Crippen LogP contribution in [0.1, 0.15) is 32.1 Å². The highest BCUT2D eigenvalue weighted by Crippen LogP contribution is 2.25. The average molecular weight is 410 g/mol. The van der Waals surface area contributed by atoms with Crippen molar-refractivity contribution in [1.29, 1.82) is 0 Å². The van der Waals surface area contributed by atoms with Crippen molar-refractivity contribution in [1.82, 2.24) is 9.97 Å². The van der Waals surface area contributed by atoms with Gasteiger partial charge in [0.15, 0.2) is 5.82 Å². The number of para-hydroxylation sites is 2. The molecule has 0 radical (unpaired) electrons. The van der Waals surface area contributed by atoms with E-state index in [1.807, 2.05) is 12.1 Å². The summed E-state index contributed by atoms with van der Waals surface area (Å²) >= 11 is 0. The zero-order valence-corrected chi connectivity index (χ0v) is 16.7. The van der Waals surface area contributed by atoms with E-state index >= 15 is 0 Å². The van der Waals surface area contributed by atoms with E-state index in [1.165, 1.54) is 24.8 Å². The Morgan fingerprint density at radius 2 is 1.62 bits per heavy atom. The maximum atomic E-state index is 12.7. The summed E-state index contributed by atoms with van der Waals surface area (Å²) in [4.78, 5) is 20.9. The van der Waals surface area contributed by atoms with Crippen LogP contribution in [0.4, 0.5) is 11.5 Å². The molecule has 7 nitrogen and oxygen atoms in total. The smallest absolute Gasteiger partial charge is 0.263 e. The molecule has 0 spiro atoms. The van der Waals surface area contributed by atoms with Crippen molar-refractivity contribution in [2.75, 3.05) is 10.0 Å². The van der Waals surface area contributed by atoms with E-state index in [-0.39, 0.29) is 22.5 Å². The highest BCUT2D eigenvalue weighted by atomic mass is 32.2. The third kappa shape index (κ3) is 4.54. The van der Waals surface area contributed by atoms with Gasteiger partial charge in [0.2, 0.25) is 5.91 Å². The quantitative estimate of drug-likeness (QED) is 0.663. The lowest BCUT2D eigenvalue weighted by atomic mass is 9.88. The lowest BCUT2D eigenvalue weighted by molar-refractivity contribution is -0.120. The van der Waals surface area contributed by atoms with Gasteiger partial charge < -0.3 is 5.32 Å². The molecule has 1 amide bonds. The van der Waals surface area contributed by atoms with Crippen LogP contribution in [0.15, 0.2) is 59.6 Å². The second kappa shape index (κ2) is 8.16. The van der Waals surface area contributed by atoms with Crippen LogP contribution in [0.5, 0.6) is 0 Å². The van der Waals surface area contributed by atoms with Gasteiger partial charge in [0.1, 0.15) is 0 Å². The minimum absolute atomic E-state index is 0.00451. The van der Waals surface area contributed by atoms with Crippen molar-refractivity contribution < 1.29 is 13.2 Å². The van der Waals surface area contributed by atoms with Gasteiger partial charge >= 0.3 is 0 Å². The molecule has 1 heterocycles. The van der Waals surface area contributed by atoms with E-state index in [4.69, 9.17) is 0 Å². The first kappa shape index (κ1) is 19.3. The molecule has 4 rings (SSSR count). The summed E-state index contributed by atoms with van der Waals surface area (Å²) in [5, 5.41) is 2.88. The van der Waals surface area contributed by atoms with Gasteiger partial charge in [-0.25, -0.2) is 13.4 Å². The first-order valence-electron chi connectivity index (χ1n) is 9.67. The maximum absolute atomic E-state index is 12.7. The third-order valence-corrected chi connectivity index (χ3v) is 6.47. The van der Waals surface area contributed by atoms with Crippen LogP contribution in [0.2, 0.25) is 0 Å². The summed E-state index contributed by atoms with van der Waals surface area (Å²) < 4.78 is 27.8. The van der Waals surface area contributed by atoms with Crippen LogP contribution < -0.4 is 10.0 Å². The number of nitrogens with zero attached hydrogens (tertiary/aromatic N) is 2. The fourth-order valence-corrected chi connectivity index (χ4v) is 4.52. The largest absolute Gasteiger partial charge is 0.326 e. The Kier molecular flexibility index (Phi) is 5.44. The van der Waals surface area contributed by atoms with Gasteiger partial charge in [0.25, 0.3) is 10.0 Å². The van der Waals surface area contributed by atoms with Crippen LogP contribution in [0.3, 0.4) is 0 Å². The van der Waals surface area contributed by atoms with E-state index < -0.39 is 10.0 Å². The fourth-order valence-electron chi connectivity index (χ4n) is 3.53. The molecule has 2 N–H and O–H groups in total. The number of anilines is 2. The van der Waals surface area contributed by atoms with Crippen LogP contribution in [0, 0.1) is 5.92 Å². The summed E-state index contributed by atoms with van der Waals surface area (Å²) in [6.45, 7) is 0. The monoisotopic (exact) mass is 410 g/mol.